The summed E-state index contributed by atoms with van der Waals surface area (Å²) in [4.78, 5) is 0. The highest BCUT2D eigenvalue weighted by Gasteiger charge is 1.99. The first-order valence-corrected chi connectivity index (χ1v) is 5.65. The van der Waals surface area contributed by atoms with E-state index in [1.165, 1.54) is 16.7 Å². The summed E-state index contributed by atoms with van der Waals surface area (Å²) in [5.41, 5.74) is 4.02. The second kappa shape index (κ2) is 8.72. The van der Waals surface area contributed by atoms with E-state index in [-0.39, 0.29) is 0 Å². The van der Waals surface area contributed by atoms with E-state index in [1.807, 2.05) is 13.0 Å². The second-order valence-corrected chi connectivity index (χ2v) is 3.50. The molecule has 0 spiro atoms. The van der Waals surface area contributed by atoms with Crippen molar-refractivity contribution >= 4 is 5.57 Å². The molecule has 0 amide bonds. The molecule has 1 rings (SSSR count). The Morgan fingerprint density at radius 3 is 2.31 bits per heavy atom. The quantitative estimate of drug-likeness (QED) is 0.489. The summed E-state index contributed by atoms with van der Waals surface area (Å²) in [7, 11) is 0. The Morgan fingerprint density at radius 1 is 1.25 bits per heavy atom. The Hall–Kier alpha value is -1.56. The standard InChI is InChI=1S/C13H16.C3H6/c1-4-8-11(3)13-10-7-6-9-12(13)5-2;1-3-2/h4,6-10H,1,5H2,2-3H3;3H,1H2,2H3/b11-8+;. The summed E-state index contributed by atoms with van der Waals surface area (Å²) in [6.07, 6.45) is 6.72. The minimum Gasteiger partial charge on any atom is -0.103 e. The lowest BCUT2D eigenvalue weighted by Crippen LogP contribution is -1.88. The highest BCUT2D eigenvalue weighted by atomic mass is 14.0. The molecule has 0 N–H and O–H groups in total. The molecule has 0 heteroatoms. The number of hydrogen-bond acceptors (Lipinski definition) is 0. The third kappa shape index (κ3) is 4.79. The van der Waals surface area contributed by atoms with E-state index < -0.39 is 0 Å². The Morgan fingerprint density at radius 2 is 1.81 bits per heavy atom. The highest BCUT2D eigenvalue weighted by molar-refractivity contribution is 5.67. The van der Waals surface area contributed by atoms with Gasteiger partial charge in [-0.1, -0.05) is 56.0 Å². The van der Waals surface area contributed by atoms with Gasteiger partial charge in [-0.2, -0.15) is 0 Å². The summed E-state index contributed by atoms with van der Waals surface area (Å²) in [6.45, 7) is 13.3. The van der Waals surface area contributed by atoms with Gasteiger partial charge in [-0.15, -0.1) is 6.58 Å². The molecule has 86 valence electrons. The summed E-state index contributed by atoms with van der Waals surface area (Å²) in [5.74, 6) is 0. The van der Waals surface area contributed by atoms with Gasteiger partial charge in [-0.3, -0.25) is 0 Å². The van der Waals surface area contributed by atoms with Crippen molar-refractivity contribution in [2.75, 3.05) is 0 Å². The van der Waals surface area contributed by atoms with Gasteiger partial charge < -0.3 is 0 Å². The van der Waals surface area contributed by atoms with Crippen molar-refractivity contribution in [1.82, 2.24) is 0 Å². The predicted molar refractivity (Wildman–Crippen MR) is 75.5 cm³/mol. The monoisotopic (exact) mass is 214 g/mol. The van der Waals surface area contributed by atoms with Gasteiger partial charge in [0, 0.05) is 0 Å². The lowest BCUT2D eigenvalue weighted by Gasteiger charge is -2.06. The first-order chi connectivity index (χ1) is 7.71. The first kappa shape index (κ1) is 14.4. The van der Waals surface area contributed by atoms with Gasteiger partial charge in [0.1, 0.15) is 0 Å². The summed E-state index contributed by atoms with van der Waals surface area (Å²) in [6, 6.07) is 8.50. The van der Waals surface area contributed by atoms with Crippen LogP contribution in [0.5, 0.6) is 0 Å². The molecule has 0 fully saturated rings. The average Bonchev–Trinajstić information content (AvgIpc) is 2.30. The summed E-state index contributed by atoms with van der Waals surface area (Å²) < 4.78 is 0. The number of aryl methyl sites for hydroxylation is 1. The fraction of sp³-hybridized carbons (Fsp3) is 0.250. The molecule has 1 aromatic carbocycles. The number of rotatable bonds is 3. The summed E-state index contributed by atoms with van der Waals surface area (Å²) in [5, 5.41) is 0. The van der Waals surface area contributed by atoms with Crippen LogP contribution >= 0.6 is 0 Å². The number of hydrogen-bond donors (Lipinski definition) is 0. The minimum absolute atomic E-state index is 1.08. The topological polar surface area (TPSA) is 0 Å². The van der Waals surface area contributed by atoms with E-state index in [4.69, 9.17) is 0 Å². The minimum atomic E-state index is 1.08. The Bertz CT molecular complexity index is 356. The zero-order chi connectivity index (χ0) is 12.4. The van der Waals surface area contributed by atoms with Gasteiger partial charge in [-0.05, 0) is 37.0 Å². The molecule has 0 bridgehead atoms. The molecular weight excluding hydrogens is 192 g/mol. The van der Waals surface area contributed by atoms with Crippen LogP contribution in [0.4, 0.5) is 0 Å². The van der Waals surface area contributed by atoms with Crippen LogP contribution in [0.1, 0.15) is 31.9 Å². The molecule has 0 saturated heterocycles. The predicted octanol–water partition coefficient (Wildman–Crippen LogP) is 5.03. The van der Waals surface area contributed by atoms with Crippen LogP contribution in [-0.2, 0) is 6.42 Å². The summed E-state index contributed by atoms with van der Waals surface area (Å²) >= 11 is 0. The van der Waals surface area contributed by atoms with Gasteiger partial charge in [0.05, 0.1) is 0 Å². The zero-order valence-corrected chi connectivity index (χ0v) is 10.7. The van der Waals surface area contributed by atoms with E-state index in [1.54, 1.807) is 6.08 Å². The fourth-order valence-corrected chi connectivity index (χ4v) is 1.48. The van der Waals surface area contributed by atoms with Crippen LogP contribution in [-0.4, -0.2) is 0 Å². The van der Waals surface area contributed by atoms with Crippen LogP contribution in [0.15, 0.2) is 55.7 Å². The number of benzene rings is 1. The Kier molecular flexibility index (Phi) is 7.87. The third-order valence-corrected chi connectivity index (χ3v) is 2.19. The van der Waals surface area contributed by atoms with Gasteiger partial charge >= 0.3 is 0 Å². The van der Waals surface area contributed by atoms with E-state index in [2.05, 4.69) is 57.3 Å². The molecule has 16 heavy (non-hydrogen) atoms. The van der Waals surface area contributed by atoms with E-state index >= 15 is 0 Å². The Balaban J connectivity index is 0.000000673. The van der Waals surface area contributed by atoms with Crippen molar-refractivity contribution < 1.29 is 0 Å². The van der Waals surface area contributed by atoms with Gasteiger partial charge in [-0.25, -0.2) is 0 Å². The maximum absolute atomic E-state index is 3.71. The molecule has 1 aromatic rings. The lowest BCUT2D eigenvalue weighted by molar-refractivity contribution is 1.13. The molecule has 0 nitrogen and oxygen atoms in total. The van der Waals surface area contributed by atoms with Crippen molar-refractivity contribution in [3.05, 3.63) is 66.8 Å². The van der Waals surface area contributed by atoms with Crippen molar-refractivity contribution in [3.8, 4) is 0 Å². The molecule has 0 unspecified atom stereocenters. The van der Waals surface area contributed by atoms with Crippen LogP contribution in [0, 0.1) is 0 Å². The molecule has 0 atom stereocenters. The lowest BCUT2D eigenvalue weighted by atomic mass is 9.99. The maximum atomic E-state index is 3.71. The van der Waals surface area contributed by atoms with E-state index in [0.29, 0.717) is 0 Å². The van der Waals surface area contributed by atoms with Crippen molar-refractivity contribution in [2.45, 2.75) is 27.2 Å². The van der Waals surface area contributed by atoms with Crippen molar-refractivity contribution in [1.29, 1.82) is 0 Å². The smallest absolute Gasteiger partial charge is 0.0195 e. The molecule has 0 aromatic heterocycles. The number of allylic oxidation sites excluding steroid dienone is 4. The van der Waals surface area contributed by atoms with E-state index in [0.717, 1.165) is 6.42 Å². The molecule has 0 saturated carbocycles. The SMILES string of the molecule is C=C/C=C(\C)c1ccccc1CC.C=CC. The molecule has 0 aliphatic carbocycles. The van der Waals surface area contributed by atoms with Gasteiger partial charge in [0.25, 0.3) is 0 Å². The molecule has 0 aliphatic rings. The molecular formula is C16H22. The zero-order valence-electron chi connectivity index (χ0n) is 10.7. The Labute approximate surface area is 100 Å². The fourth-order valence-electron chi connectivity index (χ4n) is 1.48. The molecule has 0 radical (unpaired) electrons. The average molecular weight is 214 g/mol. The second-order valence-electron chi connectivity index (χ2n) is 3.50. The van der Waals surface area contributed by atoms with Crippen molar-refractivity contribution in [2.24, 2.45) is 0 Å². The van der Waals surface area contributed by atoms with Crippen LogP contribution in [0.3, 0.4) is 0 Å². The van der Waals surface area contributed by atoms with Crippen LogP contribution in [0.25, 0.3) is 5.57 Å². The highest BCUT2D eigenvalue weighted by Crippen LogP contribution is 2.18. The van der Waals surface area contributed by atoms with Crippen molar-refractivity contribution in [3.63, 3.8) is 0 Å². The van der Waals surface area contributed by atoms with Crippen LogP contribution in [0.2, 0.25) is 0 Å². The largest absolute Gasteiger partial charge is 0.103 e. The third-order valence-electron chi connectivity index (χ3n) is 2.19. The first-order valence-electron chi connectivity index (χ1n) is 5.65. The molecule has 0 aliphatic heterocycles. The van der Waals surface area contributed by atoms with Gasteiger partial charge in [0.15, 0.2) is 0 Å². The van der Waals surface area contributed by atoms with E-state index in [9.17, 15) is 0 Å². The molecule has 0 heterocycles. The van der Waals surface area contributed by atoms with Crippen LogP contribution < -0.4 is 0 Å². The van der Waals surface area contributed by atoms with Gasteiger partial charge in [0.2, 0.25) is 0 Å². The normalized spacial score (nSPS) is 10.1. The maximum Gasteiger partial charge on any atom is -0.0195 e.